The van der Waals surface area contributed by atoms with E-state index in [2.05, 4.69) is 13.8 Å². The molecule has 0 heterocycles. The Morgan fingerprint density at radius 3 is 1.50 bits per heavy atom. The monoisotopic (exact) mass is 233 g/mol. The maximum absolute atomic E-state index is 5.50. The van der Waals surface area contributed by atoms with Crippen LogP contribution in [0.3, 0.4) is 0 Å². The maximum Gasteiger partial charge on any atom is -0.00805 e. The van der Waals surface area contributed by atoms with Gasteiger partial charge in [0.1, 0.15) is 0 Å². The fraction of sp³-hybridized carbons (Fsp3) is 1.00. The molecule has 85 valence electrons. The van der Waals surface area contributed by atoms with Crippen molar-refractivity contribution in [3.8, 4) is 0 Å². The summed E-state index contributed by atoms with van der Waals surface area (Å²) in [4.78, 5) is 0. The fourth-order valence-electron chi connectivity index (χ4n) is 1.54. The third-order valence-electron chi connectivity index (χ3n) is 2.52. The quantitative estimate of drug-likeness (QED) is 0.374. The lowest BCUT2D eigenvalue weighted by atomic mass is 10.2. The standard InChI is InChI=1S/C12H26PS/c1-3-5-7-9-11-13(14)12-10-8-6-4-2/h3-12H2,1-2H3. The first-order chi connectivity index (χ1) is 6.81. The Kier molecular flexibility index (Phi) is 12.0. The highest BCUT2D eigenvalue weighted by molar-refractivity contribution is 8.05. The van der Waals surface area contributed by atoms with Gasteiger partial charge >= 0.3 is 0 Å². The van der Waals surface area contributed by atoms with E-state index in [0.717, 1.165) is 0 Å². The van der Waals surface area contributed by atoms with Crippen molar-refractivity contribution in [2.24, 2.45) is 0 Å². The van der Waals surface area contributed by atoms with Crippen LogP contribution in [-0.2, 0) is 11.8 Å². The smallest absolute Gasteiger partial charge is 0.00805 e. The van der Waals surface area contributed by atoms with E-state index in [0.29, 0.717) is 0 Å². The molecule has 0 saturated heterocycles. The van der Waals surface area contributed by atoms with Gasteiger partial charge in [-0.25, -0.2) is 0 Å². The summed E-state index contributed by atoms with van der Waals surface area (Å²) in [6.07, 6.45) is 13.7. The van der Waals surface area contributed by atoms with Crippen LogP contribution in [0.25, 0.3) is 0 Å². The number of rotatable bonds is 10. The predicted molar refractivity (Wildman–Crippen MR) is 72.3 cm³/mol. The lowest BCUT2D eigenvalue weighted by Gasteiger charge is -2.04. The lowest BCUT2D eigenvalue weighted by Crippen LogP contribution is -1.85. The highest BCUT2D eigenvalue weighted by atomic mass is 32.4. The van der Waals surface area contributed by atoms with Crippen LogP contribution in [0.5, 0.6) is 0 Å². The van der Waals surface area contributed by atoms with Crippen LogP contribution < -0.4 is 0 Å². The van der Waals surface area contributed by atoms with Gasteiger partial charge in [-0.05, 0) is 25.2 Å². The molecule has 0 aliphatic heterocycles. The van der Waals surface area contributed by atoms with Crippen LogP contribution in [-0.4, -0.2) is 12.3 Å². The second kappa shape index (κ2) is 11.6. The summed E-state index contributed by atoms with van der Waals surface area (Å²) in [6, 6.07) is 0. The molecule has 0 unspecified atom stereocenters. The SMILES string of the molecule is CCCCCC[P](=S)CCCCCC. The average Bonchev–Trinajstić information content (AvgIpc) is 2.19. The van der Waals surface area contributed by atoms with Crippen molar-refractivity contribution in [2.45, 2.75) is 65.2 Å². The molecule has 0 aromatic rings. The first kappa shape index (κ1) is 14.5. The van der Waals surface area contributed by atoms with Crippen LogP contribution in [0.15, 0.2) is 0 Å². The highest BCUT2D eigenvalue weighted by Gasteiger charge is 1.96. The van der Waals surface area contributed by atoms with Gasteiger partial charge in [0, 0.05) is 0 Å². The van der Waals surface area contributed by atoms with Crippen molar-refractivity contribution in [1.82, 2.24) is 0 Å². The van der Waals surface area contributed by atoms with Gasteiger partial charge in [0.25, 0.3) is 0 Å². The summed E-state index contributed by atoms with van der Waals surface area (Å²) >= 11 is 5.50. The molecule has 0 aromatic heterocycles. The first-order valence-electron chi connectivity index (χ1n) is 6.23. The second-order valence-corrected chi connectivity index (χ2v) is 7.46. The zero-order valence-electron chi connectivity index (χ0n) is 9.93. The third-order valence-corrected chi connectivity index (χ3v) is 5.25. The number of hydrogen-bond donors (Lipinski definition) is 0. The Morgan fingerprint density at radius 2 is 1.14 bits per heavy atom. The van der Waals surface area contributed by atoms with Crippen molar-refractivity contribution in [3.05, 3.63) is 0 Å². The molecule has 0 N–H and O–H groups in total. The highest BCUT2D eigenvalue weighted by Crippen LogP contribution is 2.25. The van der Waals surface area contributed by atoms with Crippen LogP contribution in [0.2, 0.25) is 0 Å². The minimum absolute atomic E-state index is 0.0305. The maximum atomic E-state index is 5.50. The zero-order chi connectivity index (χ0) is 10.6. The molecule has 0 rings (SSSR count). The van der Waals surface area contributed by atoms with E-state index in [1.807, 2.05) is 0 Å². The molecule has 14 heavy (non-hydrogen) atoms. The fourth-order valence-corrected chi connectivity index (χ4v) is 3.69. The molecule has 0 bridgehead atoms. The van der Waals surface area contributed by atoms with Gasteiger partial charge < -0.3 is 0 Å². The molecule has 0 atom stereocenters. The van der Waals surface area contributed by atoms with Crippen molar-refractivity contribution < 1.29 is 0 Å². The predicted octanol–water partition coefficient (Wildman–Crippen LogP) is 5.09. The van der Waals surface area contributed by atoms with E-state index in [9.17, 15) is 0 Å². The Labute approximate surface area is 96.3 Å². The minimum atomic E-state index is -0.0305. The minimum Gasteiger partial charge on any atom is -0.0809 e. The molecule has 0 fully saturated rings. The molecular weight excluding hydrogens is 207 g/mol. The molecule has 2 heteroatoms. The number of hydrogen-bond acceptors (Lipinski definition) is 1. The molecule has 0 nitrogen and oxygen atoms in total. The average molecular weight is 233 g/mol. The van der Waals surface area contributed by atoms with Crippen LogP contribution >= 0.6 is 6.70 Å². The molecular formula is C12H26PS. The van der Waals surface area contributed by atoms with E-state index in [1.165, 1.54) is 63.7 Å². The van der Waals surface area contributed by atoms with E-state index in [1.54, 1.807) is 0 Å². The molecule has 0 aliphatic carbocycles. The Morgan fingerprint density at radius 1 is 0.714 bits per heavy atom. The summed E-state index contributed by atoms with van der Waals surface area (Å²) in [5, 5.41) is 0. The molecule has 0 spiro atoms. The Balaban J connectivity index is 3.11. The molecule has 0 saturated carbocycles. The summed E-state index contributed by atoms with van der Waals surface area (Å²) in [5.74, 6) is 0. The van der Waals surface area contributed by atoms with E-state index in [-0.39, 0.29) is 6.70 Å². The van der Waals surface area contributed by atoms with Gasteiger partial charge in [0.15, 0.2) is 0 Å². The van der Waals surface area contributed by atoms with E-state index < -0.39 is 0 Å². The topological polar surface area (TPSA) is 0 Å². The van der Waals surface area contributed by atoms with Crippen molar-refractivity contribution in [2.75, 3.05) is 12.3 Å². The van der Waals surface area contributed by atoms with Gasteiger partial charge in [-0.2, -0.15) is 0 Å². The van der Waals surface area contributed by atoms with Crippen LogP contribution in [0.4, 0.5) is 0 Å². The molecule has 0 aliphatic rings. The van der Waals surface area contributed by atoms with Gasteiger partial charge in [0.05, 0.1) is 0 Å². The summed E-state index contributed by atoms with van der Waals surface area (Å²) < 4.78 is 0. The lowest BCUT2D eigenvalue weighted by molar-refractivity contribution is 0.698. The summed E-state index contributed by atoms with van der Waals surface area (Å²) in [6.45, 7) is 4.50. The normalized spacial score (nSPS) is 10.4. The van der Waals surface area contributed by atoms with Crippen molar-refractivity contribution in [1.29, 1.82) is 0 Å². The first-order valence-corrected chi connectivity index (χ1v) is 8.95. The van der Waals surface area contributed by atoms with E-state index >= 15 is 0 Å². The van der Waals surface area contributed by atoms with Crippen LogP contribution in [0, 0.1) is 0 Å². The molecule has 0 aromatic carbocycles. The van der Waals surface area contributed by atoms with Gasteiger partial charge in [-0.15, -0.1) is 0 Å². The second-order valence-electron chi connectivity index (χ2n) is 4.05. The van der Waals surface area contributed by atoms with Crippen molar-refractivity contribution >= 4 is 18.5 Å². The zero-order valence-corrected chi connectivity index (χ0v) is 11.6. The van der Waals surface area contributed by atoms with Gasteiger partial charge in [0.2, 0.25) is 0 Å². The third kappa shape index (κ3) is 10.6. The van der Waals surface area contributed by atoms with Crippen molar-refractivity contribution in [3.63, 3.8) is 0 Å². The Bertz CT molecular complexity index is 120. The molecule has 1 radical (unpaired) electrons. The summed E-state index contributed by atoms with van der Waals surface area (Å²) in [5.41, 5.74) is 0. The van der Waals surface area contributed by atoms with E-state index in [4.69, 9.17) is 11.8 Å². The van der Waals surface area contributed by atoms with Gasteiger partial charge in [-0.1, -0.05) is 70.9 Å². The van der Waals surface area contributed by atoms with Crippen LogP contribution in [0.1, 0.15) is 65.2 Å². The molecule has 0 amide bonds. The Hall–Kier alpha value is 0.520. The summed E-state index contributed by atoms with van der Waals surface area (Å²) in [7, 11) is 0. The number of unbranched alkanes of at least 4 members (excludes halogenated alkanes) is 6. The largest absolute Gasteiger partial charge is 0.0809 e. The van der Waals surface area contributed by atoms with Gasteiger partial charge in [-0.3, -0.25) is 0 Å².